The summed E-state index contributed by atoms with van der Waals surface area (Å²) in [5.41, 5.74) is 31.7. The van der Waals surface area contributed by atoms with Gasteiger partial charge in [0.1, 0.15) is 71.1 Å². The van der Waals surface area contributed by atoms with Gasteiger partial charge < -0.3 is 59.1 Å². The van der Waals surface area contributed by atoms with Gasteiger partial charge in [-0.25, -0.2) is 0 Å². The molecule has 6 atom stereocenters. The fourth-order valence-corrected chi connectivity index (χ4v) is 15.4. The molecule has 0 aliphatic carbocycles. The SMILES string of the molecule is CCCCCCOc1ccc(C(O)c2ccc(C)cc2)c(C)c1C.CCCCCOc1ccc(C(O)c2ccc(C)cc2)c(C)c1C.CCCCOc1ccc(C(O)c2ccc(C)cc2)c(C)c1C.CCCOc1ccc(C(O)c2ccc(C)cc2)c(C)c1C.CCOc1ccc(C(O)c2ccc(C)cc2)c(C)c1C.CCc1ccc(C(O)c2ccc(OC)c(C)c2C)cc1. The van der Waals surface area contributed by atoms with Gasteiger partial charge in [0.2, 0.25) is 0 Å². The van der Waals surface area contributed by atoms with Crippen molar-refractivity contribution in [3.8, 4) is 34.5 Å². The first-order chi connectivity index (χ1) is 62.3. The van der Waals surface area contributed by atoms with E-state index in [4.69, 9.17) is 28.4 Å². The molecule has 696 valence electrons. The molecule has 0 heterocycles. The molecule has 6 unspecified atom stereocenters. The van der Waals surface area contributed by atoms with E-state index in [1.54, 1.807) is 7.11 Å². The molecule has 0 aromatic heterocycles. The molecule has 6 N–H and O–H groups in total. The lowest BCUT2D eigenvalue weighted by Crippen LogP contribution is -2.06. The largest absolute Gasteiger partial charge is 0.496 e. The summed E-state index contributed by atoms with van der Waals surface area (Å²) >= 11 is 0. The highest BCUT2D eigenvalue weighted by Gasteiger charge is 2.23. The van der Waals surface area contributed by atoms with Crippen LogP contribution in [0, 0.1) is 118 Å². The van der Waals surface area contributed by atoms with Gasteiger partial charge in [-0.2, -0.15) is 0 Å². The van der Waals surface area contributed by atoms with Crippen LogP contribution in [0.15, 0.2) is 218 Å². The number of aryl methyl sites for hydroxylation is 6. The third-order valence-corrected chi connectivity index (χ3v) is 25.1. The van der Waals surface area contributed by atoms with Gasteiger partial charge in [-0.1, -0.05) is 283 Å². The predicted octanol–water partition coefficient (Wildman–Crippen LogP) is 28.3. The van der Waals surface area contributed by atoms with Crippen molar-refractivity contribution >= 4 is 0 Å². The van der Waals surface area contributed by atoms with Crippen molar-refractivity contribution in [2.75, 3.05) is 40.1 Å². The van der Waals surface area contributed by atoms with Gasteiger partial charge in [-0.15, -0.1) is 0 Å². The minimum absolute atomic E-state index is 0.592. The molecule has 12 heteroatoms. The summed E-state index contributed by atoms with van der Waals surface area (Å²) < 4.78 is 34.3. The molecule has 0 aliphatic heterocycles. The normalized spacial score (nSPS) is 12.2. The van der Waals surface area contributed by atoms with Crippen LogP contribution in [0.2, 0.25) is 0 Å². The highest BCUT2D eigenvalue weighted by molar-refractivity contribution is 5.53. The molecule has 12 nitrogen and oxygen atoms in total. The van der Waals surface area contributed by atoms with Gasteiger partial charge >= 0.3 is 0 Å². The number of aliphatic hydroxyl groups excluding tert-OH is 6. The Balaban J connectivity index is 0.000000214. The second-order valence-electron chi connectivity index (χ2n) is 34.6. The maximum atomic E-state index is 10.7. The summed E-state index contributed by atoms with van der Waals surface area (Å²) in [4.78, 5) is 0. The number of rotatable bonds is 34. The quantitative estimate of drug-likeness (QED) is 0.0211. The molecule has 0 saturated carbocycles. The molecule has 0 spiro atoms. The molecule has 0 fully saturated rings. The van der Waals surface area contributed by atoms with Gasteiger partial charge in [-0.3, -0.25) is 0 Å². The molecule has 0 bridgehead atoms. The van der Waals surface area contributed by atoms with E-state index in [-0.39, 0.29) is 0 Å². The van der Waals surface area contributed by atoms with Crippen LogP contribution in [-0.2, 0) is 6.42 Å². The van der Waals surface area contributed by atoms with Crippen molar-refractivity contribution in [3.05, 3.63) is 385 Å². The zero-order chi connectivity index (χ0) is 95.3. The first-order valence-electron chi connectivity index (χ1n) is 47.1. The fourth-order valence-electron chi connectivity index (χ4n) is 15.4. The van der Waals surface area contributed by atoms with E-state index >= 15 is 0 Å². The number of hydrogen-bond acceptors (Lipinski definition) is 12. The molecular weight excluding hydrogens is 1610 g/mol. The summed E-state index contributed by atoms with van der Waals surface area (Å²) in [6.45, 7) is 51.2. The number of ether oxygens (including phenoxy) is 6. The fraction of sp³-hybridized carbons (Fsp3) is 0.390. The Kier molecular flexibility index (Phi) is 44.2. The predicted molar refractivity (Wildman–Crippen MR) is 540 cm³/mol. The summed E-state index contributed by atoms with van der Waals surface area (Å²) in [7, 11) is 1.67. The van der Waals surface area contributed by atoms with E-state index < -0.39 is 36.6 Å². The molecule has 0 aliphatic rings. The van der Waals surface area contributed by atoms with E-state index in [9.17, 15) is 30.6 Å². The minimum atomic E-state index is -0.595. The van der Waals surface area contributed by atoms with Crippen molar-refractivity contribution < 1.29 is 59.1 Å². The summed E-state index contributed by atoms with van der Waals surface area (Å²) in [5, 5.41) is 63.8. The Morgan fingerprint density at radius 1 is 0.200 bits per heavy atom. The molecule has 12 rings (SSSR count). The minimum Gasteiger partial charge on any atom is -0.496 e. The van der Waals surface area contributed by atoms with Gasteiger partial charge in [0.05, 0.1) is 40.1 Å². The van der Waals surface area contributed by atoms with Crippen LogP contribution >= 0.6 is 0 Å². The van der Waals surface area contributed by atoms with Gasteiger partial charge in [-0.05, 0) is 332 Å². The van der Waals surface area contributed by atoms with E-state index in [0.29, 0.717) is 6.61 Å². The third-order valence-electron chi connectivity index (χ3n) is 25.1. The topological polar surface area (TPSA) is 177 Å². The Labute approximate surface area is 780 Å². The van der Waals surface area contributed by atoms with E-state index in [2.05, 4.69) is 102 Å². The van der Waals surface area contributed by atoms with Crippen molar-refractivity contribution in [3.63, 3.8) is 0 Å². The first-order valence-corrected chi connectivity index (χ1v) is 47.1. The highest BCUT2D eigenvalue weighted by atomic mass is 16.5. The highest BCUT2D eigenvalue weighted by Crippen LogP contribution is 2.39. The molecule has 0 saturated heterocycles. The first kappa shape index (κ1) is 106. The molecule has 12 aromatic rings. The van der Waals surface area contributed by atoms with E-state index in [0.717, 1.165) is 233 Å². The average molecular weight is 1760 g/mol. The Morgan fingerprint density at radius 3 is 0.638 bits per heavy atom. The second kappa shape index (κ2) is 54.1. The van der Waals surface area contributed by atoms with Gasteiger partial charge in [0.15, 0.2) is 0 Å². The summed E-state index contributed by atoms with van der Waals surface area (Å²) in [6, 6.07) is 71.9. The van der Waals surface area contributed by atoms with Crippen LogP contribution in [0.25, 0.3) is 0 Å². The Bertz CT molecular complexity index is 5400. The molecule has 0 radical (unpaired) electrons. The number of benzene rings is 12. The summed E-state index contributed by atoms with van der Waals surface area (Å²) in [6.07, 6.45) is 8.94. The smallest absolute Gasteiger partial charge is 0.122 e. The monoisotopic (exact) mass is 1760 g/mol. The van der Waals surface area contributed by atoms with Crippen LogP contribution in [0.4, 0.5) is 0 Å². The number of unbranched alkanes of at least 4 members (excludes halogenated alkanes) is 6. The average Bonchev–Trinajstić information content (AvgIpc) is 0.835. The number of methoxy groups -OCH3 is 1. The van der Waals surface area contributed by atoms with Gasteiger partial charge in [0.25, 0.3) is 0 Å². The summed E-state index contributed by atoms with van der Waals surface area (Å²) in [5.74, 6) is 5.45. The number of aliphatic hydroxyl groups is 6. The van der Waals surface area contributed by atoms with Crippen LogP contribution in [-0.4, -0.2) is 70.8 Å². The van der Waals surface area contributed by atoms with Crippen LogP contribution in [0.1, 0.15) is 309 Å². The number of hydrogen-bond donors (Lipinski definition) is 6. The zero-order valence-electron chi connectivity index (χ0n) is 82.7. The van der Waals surface area contributed by atoms with Crippen molar-refractivity contribution in [2.24, 2.45) is 0 Å². The van der Waals surface area contributed by atoms with Gasteiger partial charge in [0, 0.05) is 0 Å². The molecule has 0 amide bonds. The van der Waals surface area contributed by atoms with Crippen molar-refractivity contribution in [1.82, 2.24) is 0 Å². The lowest BCUT2D eigenvalue weighted by atomic mass is 9.93. The van der Waals surface area contributed by atoms with Crippen molar-refractivity contribution in [2.45, 2.75) is 266 Å². The van der Waals surface area contributed by atoms with E-state index in [1.807, 2.05) is 275 Å². The maximum absolute atomic E-state index is 10.7. The third kappa shape index (κ3) is 30.4. The zero-order valence-corrected chi connectivity index (χ0v) is 82.7. The molecule has 12 aromatic carbocycles. The molecular formula is C118H152O12. The van der Waals surface area contributed by atoms with Crippen LogP contribution < -0.4 is 28.4 Å². The Morgan fingerprint density at radius 2 is 0.408 bits per heavy atom. The maximum Gasteiger partial charge on any atom is 0.122 e. The van der Waals surface area contributed by atoms with Crippen molar-refractivity contribution in [1.29, 1.82) is 0 Å². The lowest BCUT2D eigenvalue weighted by Gasteiger charge is -2.18. The molecule has 130 heavy (non-hydrogen) atoms. The lowest BCUT2D eigenvalue weighted by molar-refractivity contribution is 0.219. The van der Waals surface area contributed by atoms with Crippen LogP contribution in [0.3, 0.4) is 0 Å². The van der Waals surface area contributed by atoms with Crippen LogP contribution in [0.5, 0.6) is 34.5 Å². The standard InChI is InChI=1S/C22H30O2.C21H28O2.C20H26O2.C19H24O2.2C18H22O2/c1-5-6-7-8-15-24-21-14-13-20(17(3)18(21)4)22(23)19-11-9-16(2)10-12-19;1-5-6-7-14-23-20-13-12-19(16(3)17(20)4)21(22)18-10-8-15(2)9-11-18;1-5-6-13-22-19-12-11-18(15(3)16(19)4)20(21)17-9-7-14(2)8-10-17;1-5-12-21-18-11-10-17(14(3)15(18)4)19(20)16-8-6-13(2)7-9-16;1-5-14-6-8-15(9-7-14)18(19)16-10-11-17(20-4)13(3)12(16)2;1-5-20-17-11-10-16(13(3)14(17)4)18(19)15-8-6-12(2)7-9-15/h9-14,22-23H,5-8,15H2,1-4H3;8-13,21-22H,5-7,14H2,1-4H3;7-12,20-21H,5-6,13H2,1-4H3;6-11,19-20H,5,12H2,1-4H3;2*6-11,18-19H,5H2,1-4H3. The van der Waals surface area contributed by atoms with E-state index in [1.165, 1.54) is 65.5 Å². The Hall–Kier alpha value is -10.8. The second-order valence-corrected chi connectivity index (χ2v) is 34.6.